The molecule has 3 aromatic rings. The number of nitriles is 1. The fraction of sp³-hybridized carbons (Fsp3) is 0.360. The van der Waals surface area contributed by atoms with Crippen LogP contribution in [0.3, 0.4) is 0 Å². The van der Waals surface area contributed by atoms with Gasteiger partial charge in [-0.05, 0) is 48.2 Å². The van der Waals surface area contributed by atoms with Crippen LogP contribution in [0.25, 0.3) is 0 Å². The van der Waals surface area contributed by atoms with Crippen LogP contribution in [0.1, 0.15) is 41.3 Å². The monoisotopic (exact) mass is 428 g/mol. The maximum atomic E-state index is 9.84. The van der Waals surface area contributed by atoms with Gasteiger partial charge in [0.15, 0.2) is 0 Å². The Kier molecular flexibility index (Phi) is 5.66. The lowest BCUT2D eigenvalue weighted by atomic mass is 9.87. The number of likely N-dealkylation sites (tertiary alicyclic amines) is 1. The van der Waals surface area contributed by atoms with E-state index in [9.17, 15) is 5.11 Å². The van der Waals surface area contributed by atoms with E-state index in [1.54, 1.807) is 12.1 Å². The molecule has 3 heterocycles. The van der Waals surface area contributed by atoms with Gasteiger partial charge in [-0.3, -0.25) is 10.2 Å². The number of nitrogens with one attached hydrogen (secondary N) is 2. The molecule has 1 spiro atoms. The van der Waals surface area contributed by atoms with Crippen LogP contribution < -0.4 is 10.6 Å². The first-order valence-corrected chi connectivity index (χ1v) is 11.1. The van der Waals surface area contributed by atoms with Crippen LogP contribution in [-0.4, -0.2) is 51.4 Å². The van der Waals surface area contributed by atoms with E-state index in [4.69, 9.17) is 5.26 Å². The number of aromatic nitrogens is 2. The van der Waals surface area contributed by atoms with Crippen LogP contribution in [0.5, 0.6) is 5.75 Å². The third-order valence-electron chi connectivity index (χ3n) is 6.84. The molecule has 1 atom stereocenters. The molecule has 5 rings (SSSR count). The minimum atomic E-state index is 0.0585. The second-order valence-electron chi connectivity index (χ2n) is 8.85. The van der Waals surface area contributed by atoms with Crippen LogP contribution >= 0.6 is 0 Å². The lowest BCUT2D eigenvalue weighted by Gasteiger charge is -2.42. The number of hydrogen-bond acceptors (Lipinski definition) is 6. The van der Waals surface area contributed by atoms with E-state index in [-0.39, 0.29) is 17.3 Å². The van der Waals surface area contributed by atoms with Gasteiger partial charge in [-0.25, -0.2) is 4.98 Å². The minimum absolute atomic E-state index is 0.0585. The normalized spacial score (nSPS) is 19.1. The number of aromatic hydroxyl groups is 1. The van der Waals surface area contributed by atoms with Crippen LogP contribution in [0.4, 0.5) is 0 Å². The number of piperidine rings is 1. The molecule has 164 valence electrons. The average molecular weight is 429 g/mol. The first kappa shape index (κ1) is 20.7. The minimum Gasteiger partial charge on any atom is -0.508 e. The zero-order valence-corrected chi connectivity index (χ0v) is 18.0. The molecule has 32 heavy (non-hydrogen) atoms. The van der Waals surface area contributed by atoms with Gasteiger partial charge in [0.1, 0.15) is 5.75 Å². The second kappa shape index (κ2) is 8.75. The lowest BCUT2D eigenvalue weighted by molar-refractivity contribution is 0.125. The quantitative estimate of drug-likeness (QED) is 0.579. The largest absolute Gasteiger partial charge is 0.508 e. The molecule has 0 amide bonds. The second-order valence-corrected chi connectivity index (χ2v) is 8.85. The van der Waals surface area contributed by atoms with Gasteiger partial charge in [0.2, 0.25) is 0 Å². The third kappa shape index (κ3) is 4.13. The standard InChI is InChI=1S/C25H28N6O/c26-13-19-1-3-20(4-2-19)15-31-18-27-14-23(31)24(21-5-7-22(32)8-6-21)30-11-9-25(10-12-30)16-28-17-29-25/h1-8,14,18,24,28-29,32H,9-12,15-17H2. The van der Waals surface area contributed by atoms with E-state index < -0.39 is 0 Å². The van der Waals surface area contributed by atoms with E-state index in [1.807, 2.05) is 48.9 Å². The van der Waals surface area contributed by atoms with Gasteiger partial charge in [0.05, 0.1) is 35.9 Å². The first-order chi connectivity index (χ1) is 15.7. The highest BCUT2D eigenvalue weighted by Crippen LogP contribution is 2.35. The highest BCUT2D eigenvalue weighted by atomic mass is 16.3. The van der Waals surface area contributed by atoms with Crippen molar-refractivity contribution in [1.82, 2.24) is 25.1 Å². The Balaban J connectivity index is 1.44. The molecule has 0 aliphatic carbocycles. The van der Waals surface area contributed by atoms with Gasteiger partial charge in [0.25, 0.3) is 0 Å². The number of benzene rings is 2. The smallest absolute Gasteiger partial charge is 0.115 e. The van der Waals surface area contributed by atoms with Crippen molar-refractivity contribution in [2.24, 2.45) is 0 Å². The maximum absolute atomic E-state index is 9.84. The van der Waals surface area contributed by atoms with E-state index in [1.165, 1.54) is 0 Å². The number of rotatable bonds is 5. The lowest BCUT2D eigenvalue weighted by Crippen LogP contribution is -2.52. The first-order valence-electron chi connectivity index (χ1n) is 11.1. The maximum Gasteiger partial charge on any atom is 0.115 e. The molecule has 0 radical (unpaired) electrons. The highest BCUT2D eigenvalue weighted by molar-refractivity contribution is 5.34. The number of imidazole rings is 1. The summed E-state index contributed by atoms with van der Waals surface area (Å²) in [6.07, 6.45) is 6.03. The van der Waals surface area contributed by atoms with Gasteiger partial charge in [0, 0.05) is 38.4 Å². The van der Waals surface area contributed by atoms with Gasteiger partial charge >= 0.3 is 0 Å². The summed E-state index contributed by atoms with van der Waals surface area (Å²) >= 11 is 0. The van der Waals surface area contributed by atoms with Crippen LogP contribution in [0, 0.1) is 11.3 Å². The summed E-state index contributed by atoms with van der Waals surface area (Å²) < 4.78 is 2.19. The molecule has 2 saturated heterocycles. The van der Waals surface area contributed by atoms with Gasteiger partial charge in [-0.15, -0.1) is 0 Å². The Morgan fingerprint density at radius 2 is 1.84 bits per heavy atom. The average Bonchev–Trinajstić information content (AvgIpc) is 3.47. The predicted molar refractivity (Wildman–Crippen MR) is 122 cm³/mol. The van der Waals surface area contributed by atoms with Crippen molar-refractivity contribution < 1.29 is 5.11 Å². The molecule has 3 N–H and O–H groups in total. The zero-order valence-electron chi connectivity index (χ0n) is 18.0. The Morgan fingerprint density at radius 1 is 1.09 bits per heavy atom. The van der Waals surface area contributed by atoms with Crippen molar-refractivity contribution in [2.45, 2.75) is 31.0 Å². The van der Waals surface area contributed by atoms with Gasteiger partial charge < -0.3 is 15.0 Å². The van der Waals surface area contributed by atoms with Crippen LogP contribution in [0.2, 0.25) is 0 Å². The van der Waals surface area contributed by atoms with Crippen molar-refractivity contribution in [2.75, 3.05) is 26.3 Å². The fourth-order valence-electron chi connectivity index (χ4n) is 4.98. The summed E-state index contributed by atoms with van der Waals surface area (Å²) in [7, 11) is 0. The Hall–Kier alpha value is -3.18. The molecular formula is C25H28N6O. The van der Waals surface area contributed by atoms with Crippen LogP contribution in [0.15, 0.2) is 61.1 Å². The van der Waals surface area contributed by atoms with E-state index >= 15 is 0 Å². The molecule has 7 heteroatoms. The summed E-state index contributed by atoms with van der Waals surface area (Å²) in [6, 6.07) is 17.5. The SMILES string of the molecule is N#Cc1ccc(Cn2cncc2C(c2ccc(O)cc2)N2CCC3(CC2)CNCN3)cc1. The van der Waals surface area contributed by atoms with Gasteiger partial charge in [-0.2, -0.15) is 5.26 Å². The van der Waals surface area contributed by atoms with E-state index in [0.29, 0.717) is 12.1 Å². The zero-order chi connectivity index (χ0) is 22.0. The molecule has 2 fully saturated rings. The van der Waals surface area contributed by atoms with E-state index in [2.05, 4.69) is 31.2 Å². The molecule has 2 aliphatic rings. The summed E-state index contributed by atoms with van der Waals surface area (Å²) in [5.74, 6) is 0.275. The number of hydrogen-bond donors (Lipinski definition) is 3. The molecule has 1 aromatic heterocycles. The molecule has 0 saturated carbocycles. The van der Waals surface area contributed by atoms with E-state index in [0.717, 1.165) is 56.0 Å². The number of nitrogens with zero attached hydrogens (tertiary/aromatic N) is 4. The summed E-state index contributed by atoms with van der Waals surface area (Å²) in [5, 5.41) is 26.0. The highest BCUT2D eigenvalue weighted by Gasteiger charge is 2.39. The van der Waals surface area contributed by atoms with Crippen LogP contribution in [-0.2, 0) is 6.54 Å². The molecule has 0 bridgehead atoms. The third-order valence-corrected chi connectivity index (χ3v) is 6.84. The topological polar surface area (TPSA) is 89.1 Å². The van der Waals surface area contributed by atoms with Crippen molar-refractivity contribution in [3.63, 3.8) is 0 Å². The Morgan fingerprint density at radius 3 is 2.50 bits per heavy atom. The Bertz CT molecular complexity index is 1080. The predicted octanol–water partition coefficient (Wildman–Crippen LogP) is 2.58. The number of phenols is 1. The molecule has 2 aromatic carbocycles. The van der Waals surface area contributed by atoms with Crippen molar-refractivity contribution in [3.8, 4) is 11.8 Å². The molecule has 1 unspecified atom stereocenters. The summed E-state index contributed by atoms with van der Waals surface area (Å²) in [6.45, 7) is 4.59. The Labute approximate surface area is 188 Å². The summed E-state index contributed by atoms with van der Waals surface area (Å²) in [5.41, 5.74) is 4.29. The molecule has 2 aliphatic heterocycles. The number of phenolic OH excluding ortho intramolecular Hbond substituents is 1. The van der Waals surface area contributed by atoms with Crippen molar-refractivity contribution in [3.05, 3.63) is 83.4 Å². The van der Waals surface area contributed by atoms with Crippen molar-refractivity contribution >= 4 is 0 Å². The summed E-state index contributed by atoms with van der Waals surface area (Å²) in [4.78, 5) is 7.03. The van der Waals surface area contributed by atoms with Gasteiger partial charge in [-0.1, -0.05) is 24.3 Å². The van der Waals surface area contributed by atoms with Crippen molar-refractivity contribution in [1.29, 1.82) is 5.26 Å². The molecular weight excluding hydrogens is 400 g/mol. The molecule has 7 nitrogen and oxygen atoms in total. The fourth-order valence-corrected chi connectivity index (χ4v) is 4.98.